The van der Waals surface area contributed by atoms with Gasteiger partial charge in [0.15, 0.2) is 5.78 Å². The molecule has 0 aromatic rings. The summed E-state index contributed by atoms with van der Waals surface area (Å²) >= 11 is 0. The molecule has 1 aliphatic heterocycles. The highest BCUT2D eigenvalue weighted by molar-refractivity contribution is 5.91. The summed E-state index contributed by atoms with van der Waals surface area (Å²) in [4.78, 5) is 12.9. The highest BCUT2D eigenvalue weighted by atomic mass is 16.1. The van der Waals surface area contributed by atoms with Gasteiger partial charge in [-0.05, 0) is 14.1 Å². The van der Waals surface area contributed by atoms with Gasteiger partial charge in [0, 0.05) is 5.70 Å². The number of carbonyl (C=O) groups is 1. The molecule has 3 nitrogen and oxygen atoms in total. The van der Waals surface area contributed by atoms with E-state index in [0.717, 1.165) is 5.70 Å². The monoisotopic (exact) mass is 140 g/mol. The quantitative estimate of drug-likeness (QED) is 0.538. The van der Waals surface area contributed by atoms with Crippen LogP contribution in [0, 0.1) is 0 Å². The van der Waals surface area contributed by atoms with E-state index in [2.05, 4.69) is 11.9 Å². The van der Waals surface area contributed by atoms with E-state index >= 15 is 0 Å². The number of carbonyl (C=O) groups excluding carboxylic acids is 1. The van der Waals surface area contributed by atoms with Gasteiger partial charge in [0.2, 0.25) is 0 Å². The molecular formula is C7H12N2O. The molecule has 0 saturated carbocycles. The van der Waals surface area contributed by atoms with E-state index in [9.17, 15) is 4.79 Å². The SMILES string of the molecule is C=C1NCC(=O)C1N(C)C. The van der Waals surface area contributed by atoms with Crippen LogP contribution >= 0.6 is 0 Å². The van der Waals surface area contributed by atoms with Crippen LogP contribution < -0.4 is 5.32 Å². The van der Waals surface area contributed by atoms with Gasteiger partial charge in [-0.25, -0.2) is 0 Å². The number of Topliss-reactive ketones (excluding diaryl/α,β-unsaturated/α-hetero) is 1. The number of ketones is 1. The van der Waals surface area contributed by atoms with Crippen molar-refractivity contribution < 1.29 is 4.79 Å². The molecule has 1 N–H and O–H groups in total. The summed E-state index contributed by atoms with van der Waals surface area (Å²) in [5.74, 6) is 0.204. The Hall–Kier alpha value is -0.830. The van der Waals surface area contributed by atoms with E-state index < -0.39 is 0 Å². The van der Waals surface area contributed by atoms with Crippen LogP contribution in [-0.2, 0) is 4.79 Å². The molecule has 0 amide bonds. The fraction of sp³-hybridized carbons (Fsp3) is 0.571. The summed E-state index contributed by atoms with van der Waals surface area (Å²) in [5, 5.41) is 2.92. The predicted octanol–water partition coefficient (Wildman–Crippen LogP) is -0.397. The van der Waals surface area contributed by atoms with E-state index in [0.29, 0.717) is 6.54 Å². The summed E-state index contributed by atoms with van der Waals surface area (Å²) in [6, 6.07) is -0.111. The molecule has 0 aromatic carbocycles. The standard InChI is InChI=1S/C7H12N2O/c1-5-7(9(2)3)6(10)4-8-5/h7-8H,1,4H2,2-3H3. The second kappa shape index (κ2) is 2.42. The van der Waals surface area contributed by atoms with Crippen LogP contribution in [0.4, 0.5) is 0 Å². The minimum atomic E-state index is -0.111. The molecule has 0 radical (unpaired) electrons. The van der Waals surface area contributed by atoms with Crippen LogP contribution in [0.5, 0.6) is 0 Å². The number of hydrogen-bond donors (Lipinski definition) is 1. The van der Waals surface area contributed by atoms with Crippen molar-refractivity contribution in [3.8, 4) is 0 Å². The molecule has 1 unspecified atom stereocenters. The molecule has 1 fully saturated rings. The highest BCUT2D eigenvalue weighted by Gasteiger charge is 2.29. The largest absolute Gasteiger partial charge is 0.380 e. The Morgan fingerprint density at radius 1 is 1.70 bits per heavy atom. The third kappa shape index (κ3) is 1.04. The van der Waals surface area contributed by atoms with Gasteiger partial charge in [0.25, 0.3) is 0 Å². The zero-order valence-electron chi connectivity index (χ0n) is 6.35. The van der Waals surface area contributed by atoms with Gasteiger partial charge in [-0.15, -0.1) is 0 Å². The van der Waals surface area contributed by atoms with Crippen LogP contribution in [0.3, 0.4) is 0 Å². The van der Waals surface area contributed by atoms with Crippen molar-refractivity contribution in [3.63, 3.8) is 0 Å². The maximum Gasteiger partial charge on any atom is 0.174 e. The van der Waals surface area contributed by atoms with Crippen molar-refractivity contribution in [2.75, 3.05) is 20.6 Å². The summed E-state index contributed by atoms with van der Waals surface area (Å²) in [6.45, 7) is 4.17. The molecule has 1 aliphatic rings. The minimum Gasteiger partial charge on any atom is -0.380 e. The van der Waals surface area contributed by atoms with Crippen LogP contribution in [0.25, 0.3) is 0 Å². The van der Waals surface area contributed by atoms with Crippen LogP contribution in [0.1, 0.15) is 0 Å². The van der Waals surface area contributed by atoms with Crippen LogP contribution in [0.15, 0.2) is 12.3 Å². The Morgan fingerprint density at radius 2 is 2.30 bits per heavy atom. The van der Waals surface area contributed by atoms with E-state index in [1.165, 1.54) is 0 Å². The molecule has 1 saturated heterocycles. The van der Waals surface area contributed by atoms with Crippen LogP contribution in [0.2, 0.25) is 0 Å². The van der Waals surface area contributed by atoms with Crippen LogP contribution in [-0.4, -0.2) is 37.4 Å². The van der Waals surface area contributed by atoms with E-state index in [-0.39, 0.29) is 11.8 Å². The molecule has 56 valence electrons. The Morgan fingerprint density at radius 3 is 2.50 bits per heavy atom. The minimum absolute atomic E-state index is 0.111. The van der Waals surface area contributed by atoms with E-state index in [1.54, 1.807) is 0 Å². The van der Waals surface area contributed by atoms with Gasteiger partial charge < -0.3 is 5.32 Å². The van der Waals surface area contributed by atoms with Crippen molar-refractivity contribution >= 4 is 5.78 Å². The zero-order valence-corrected chi connectivity index (χ0v) is 6.35. The first-order valence-corrected chi connectivity index (χ1v) is 3.24. The molecular weight excluding hydrogens is 128 g/mol. The lowest BCUT2D eigenvalue weighted by atomic mass is 10.2. The first-order chi connectivity index (χ1) is 4.63. The van der Waals surface area contributed by atoms with Gasteiger partial charge in [0.1, 0.15) is 6.04 Å². The molecule has 0 spiro atoms. The Kier molecular flexibility index (Phi) is 1.76. The maximum absolute atomic E-state index is 11.1. The second-order valence-corrected chi connectivity index (χ2v) is 2.71. The number of nitrogens with one attached hydrogen (secondary N) is 1. The molecule has 1 atom stereocenters. The highest BCUT2D eigenvalue weighted by Crippen LogP contribution is 2.09. The van der Waals surface area contributed by atoms with Crippen molar-refractivity contribution in [2.24, 2.45) is 0 Å². The number of hydrogen-bond acceptors (Lipinski definition) is 3. The number of rotatable bonds is 1. The van der Waals surface area contributed by atoms with Gasteiger partial charge in [-0.3, -0.25) is 9.69 Å². The Bertz CT molecular complexity index is 158. The lowest BCUT2D eigenvalue weighted by Crippen LogP contribution is -2.33. The van der Waals surface area contributed by atoms with Crippen molar-refractivity contribution in [3.05, 3.63) is 12.3 Å². The molecule has 10 heavy (non-hydrogen) atoms. The number of likely N-dealkylation sites (N-methyl/N-ethyl adjacent to an activating group) is 1. The number of nitrogens with zero attached hydrogens (tertiary/aromatic N) is 1. The van der Waals surface area contributed by atoms with E-state index in [1.807, 2.05) is 19.0 Å². The third-order valence-electron chi connectivity index (χ3n) is 1.64. The lowest BCUT2D eigenvalue weighted by molar-refractivity contribution is -0.119. The Labute approximate surface area is 60.7 Å². The van der Waals surface area contributed by atoms with Crippen molar-refractivity contribution in [2.45, 2.75) is 6.04 Å². The van der Waals surface area contributed by atoms with E-state index in [4.69, 9.17) is 0 Å². The summed E-state index contributed by atoms with van der Waals surface area (Å²) < 4.78 is 0. The van der Waals surface area contributed by atoms with Gasteiger partial charge >= 0.3 is 0 Å². The third-order valence-corrected chi connectivity index (χ3v) is 1.64. The summed E-state index contributed by atoms with van der Waals surface area (Å²) in [6.07, 6.45) is 0. The average Bonchev–Trinajstić information content (AvgIpc) is 2.11. The average molecular weight is 140 g/mol. The first kappa shape index (κ1) is 7.28. The first-order valence-electron chi connectivity index (χ1n) is 3.24. The van der Waals surface area contributed by atoms with Gasteiger partial charge in [-0.2, -0.15) is 0 Å². The van der Waals surface area contributed by atoms with Gasteiger partial charge in [0.05, 0.1) is 6.54 Å². The second-order valence-electron chi connectivity index (χ2n) is 2.71. The predicted molar refractivity (Wildman–Crippen MR) is 39.6 cm³/mol. The van der Waals surface area contributed by atoms with Crippen molar-refractivity contribution in [1.82, 2.24) is 10.2 Å². The summed E-state index contributed by atoms with van der Waals surface area (Å²) in [7, 11) is 3.75. The topological polar surface area (TPSA) is 32.3 Å². The smallest absolute Gasteiger partial charge is 0.174 e. The molecule has 1 rings (SSSR count). The molecule has 0 aromatic heterocycles. The zero-order chi connectivity index (χ0) is 7.72. The summed E-state index contributed by atoms with van der Waals surface area (Å²) in [5.41, 5.74) is 0.815. The fourth-order valence-corrected chi connectivity index (χ4v) is 1.19. The fourth-order valence-electron chi connectivity index (χ4n) is 1.19. The van der Waals surface area contributed by atoms with Crippen molar-refractivity contribution in [1.29, 1.82) is 0 Å². The molecule has 0 aliphatic carbocycles. The lowest BCUT2D eigenvalue weighted by Gasteiger charge is -2.16. The Balaban J connectivity index is 2.72. The maximum atomic E-state index is 11.1. The van der Waals surface area contributed by atoms with Gasteiger partial charge in [-0.1, -0.05) is 6.58 Å². The molecule has 0 bridgehead atoms. The molecule has 1 heterocycles. The normalized spacial score (nSPS) is 25.7. The molecule has 3 heteroatoms.